The first-order chi connectivity index (χ1) is 21.8. The summed E-state index contributed by atoms with van der Waals surface area (Å²) in [5.41, 5.74) is 14.8. The van der Waals surface area contributed by atoms with Crippen LogP contribution in [0.3, 0.4) is 0 Å². The van der Waals surface area contributed by atoms with Gasteiger partial charge in [-0.15, -0.1) is 0 Å². The van der Waals surface area contributed by atoms with E-state index in [0.29, 0.717) is 0 Å². The molecule has 0 atom stereocenters. The summed E-state index contributed by atoms with van der Waals surface area (Å²) in [7, 11) is 0. The molecule has 0 unspecified atom stereocenters. The van der Waals surface area contributed by atoms with Crippen molar-refractivity contribution in [3.63, 3.8) is 0 Å². The van der Waals surface area contributed by atoms with Gasteiger partial charge in [-0.3, -0.25) is 9.80 Å². The van der Waals surface area contributed by atoms with Crippen LogP contribution in [0.15, 0.2) is 79.1 Å². The fraction of sp³-hybridized carbons (Fsp3) is 0.405. The van der Waals surface area contributed by atoms with Gasteiger partial charge < -0.3 is 20.9 Å². The highest BCUT2D eigenvalue weighted by molar-refractivity contribution is 6.35. The molecule has 3 aromatic carbocycles. The minimum absolute atomic E-state index is 0.309. The molecule has 6 nitrogen and oxygen atoms in total. The minimum Gasteiger partial charge on any atom is -0.387 e. The molecule has 6 rings (SSSR count). The number of nitrogens with zero attached hydrogens (tertiary/aromatic N) is 3. The smallest absolute Gasteiger partial charge is 0.0576 e. The lowest BCUT2D eigenvalue weighted by Gasteiger charge is -2.36. The van der Waals surface area contributed by atoms with Crippen LogP contribution in [0, 0.1) is 6.92 Å². The number of piperidine rings is 1. The summed E-state index contributed by atoms with van der Waals surface area (Å²) >= 11 is 12.9. The highest BCUT2D eigenvalue weighted by Gasteiger charge is 2.30. The van der Waals surface area contributed by atoms with Crippen molar-refractivity contribution in [1.82, 2.24) is 25.0 Å². The predicted molar refractivity (Wildman–Crippen MR) is 190 cm³/mol. The van der Waals surface area contributed by atoms with Crippen LogP contribution in [0.2, 0.25) is 10.0 Å². The number of nitrogens with one attached hydrogen (secondary N) is 2. The molecule has 45 heavy (non-hydrogen) atoms. The Balaban J connectivity index is 1.12. The second-order valence-electron chi connectivity index (χ2n) is 12.9. The van der Waals surface area contributed by atoms with Gasteiger partial charge in [-0.05, 0) is 74.7 Å². The monoisotopic (exact) mass is 644 g/mol. The van der Waals surface area contributed by atoms with Gasteiger partial charge in [-0.1, -0.05) is 71.7 Å². The number of aryl methyl sites for hydroxylation is 2. The summed E-state index contributed by atoms with van der Waals surface area (Å²) in [6.45, 7) is 15.9. The van der Waals surface area contributed by atoms with Gasteiger partial charge in [-0.25, -0.2) is 0 Å². The third kappa shape index (κ3) is 7.60. The Morgan fingerprint density at radius 1 is 0.933 bits per heavy atom. The molecule has 0 radical (unpaired) electrons. The summed E-state index contributed by atoms with van der Waals surface area (Å²) < 4.78 is 2.42. The predicted octanol–water partition coefficient (Wildman–Crippen LogP) is 6.82. The standard InChI is InChI=1S/C37H46Cl2N6/c1-27-7-10-30(11-8-27)32-26-45(18-4-15-42-28(2)37(40)13-16-41-17-14-37)36-12-9-29(23-31(32)36)24-43-19-21-44(22-20-43)25-33-34(38)5-3-6-35(33)39/h3,5-12,23,26,41-42H,2,4,13-22,24-25,40H2,1H3. The van der Waals surface area contributed by atoms with E-state index in [-0.39, 0.29) is 5.54 Å². The first kappa shape index (κ1) is 32.1. The number of halogens is 2. The van der Waals surface area contributed by atoms with E-state index in [0.717, 1.165) is 106 Å². The second-order valence-corrected chi connectivity index (χ2v) is 13.7. The first-order valence-electron chi connectivity index (χ1n) is 16.3. The van der Waals surface area contributed by atoms with Crippen LogP contribution in [-0.2, 0) is 19.6 Å². The zero-order valence-corrected chi connectivity index (χ0v) is 27.9. The summed E-state index contributed by atoms with van der Waals surface area (Å²) in [6, 6.07) is 21.7. The lowest BCUT2D eigenvalue weighted by Crippen LogP contribution is -2.53. The maximum atomic E-state index is 6.66. The average molecular weight is 646 g/mol. The van der Waals surface area contributed by atoms with Gasteiger partial charge in [-0.2, -0.15) is 0 Å². The van der Waals surface area contributed by atoms with Gasteiger partial charge in [0.1, 0.15) is 0 Å². The van der Waals surface area contributed by atoms with E-state index in [4.69, 9.17) is 28.9 Å². The number of fused-ring (bicyclic) bond motifs is 1. The van der Waals surface area contributed by atoms with Crippen LogP contribution in [0.4, 0.5) is 0 Å². The SMILES string of the molecule is C=C(NCCCn1cc(-c2ccc(C)cc2)c2cc(CN3CCN(Cc4c(Cl)cccc4Cl)CC3)ccc21)C1(N)CCNCC1. The van der Waals surface area contributed by atoms with E-state index in [2.05, 4.69) is 87.2 Å². The van der Waals surface area contributed by atoms with Crippen molar-refractivity contribution in [2.45, 2.75) is 51.4 Å². The molecule has 0 bridgehead atoms. The van der Waals surface area contributed by atoms with Gasteiger partial charge >= 0.3 is 0 Å². The van der Waals surface area contributed by atoms with Crippen LogP contribution in [-0.4, -0.2) is 65.7 Å². The van der Waals surface area contributed by atoms with E-state index in [9.17, 15) is 0 Å². The molecule has 8 heteroatoms. The highest BCUT2D eigenvalue weighted by atomic mass is 35.5. The molecule has 0 amide bonds. The van der Waals surface area contributed by atoms with E-state index >= 15 is 0 Å². The number of rotatable bonds is 11. The van der Waals surface area contributed by atoms with Crippen molar-refractivity contribution in [2.75, 3.05) is 45.8 Å². The van der Waals surface area contributed by atoms with Crippen LogP contribution in [0.1, 0.15) is 36.0 Å². The van der Waals surface area contributed by atoms with E-state index in [1.807, 2.05) is 18.2 Å². The third-order valence-corrected chi connectivity index (χ3v) is 10.3. The molecule has 0 spiro atoms. The van der Waals surface area contributed by atoms with Crippen molar-refractivity contribution in [1.29, 1.82) is 0 Å². The number of aromatic nitrogens is 1. The summed E-state index contributed by atoms with van der Waals surface area (Å²) in [6.07, 6.45) is 5.19. The zero-order valence-electron chi connectivity index (χ0n) is 26.4. The molecule has 0 aliphatic carbocycles. The average Bonchev–Trinajstić information content (AvgIpc) is 3.40. The minimum atomic E-state index is -0.309. The van der Waals surface area contributed by atoms with Gasteiger partial charge in [0.2, 0.25) is 0 Å². The highest BCUT2D eigenvalue weighted by Crippen LogP contribution is 2.33. The van der Waals surface area contributed by atoms with Crippen molar-refractivity contribution >= 4 is 34.1 Å². The number of benzene rings is 3. The van der Waals surface area contributed by atoms with Crippen molar-refractivity contribution in [2.24, 2.45) is 5.73 Å². The van der Waals surface area contributed by atoms with E-state index in [1.54, 1.807) is 0 Å². The first-order valence-corrected chi connectivity index (χ1v) is 17.0. The van der Waals surface area contributed by atoms with Crippen LogP contribution in [0.5, 0.6) is 0 Å². The van der Waals surface area contributed by atoms with Gasteiger partial charge in [0, 0.05) is 96.3 Å². The molecule has 4 aromatic rings. The lowest BCUT2D eigenvalue weighted by molar-refractivity contribution is 0.122. The molecule has 3 heterocycles. The largest absolute Gasteiger partial charge is 0.387 e. The van der Waals surface area contributed by atoms with Gasteiger partial charge in [0.05, 0.1) is 5.54 Å². The Bertz CT molecular complexity index is 1590. The van der Waals surface area contributed by atoms with Crippen LogP contribution < -0.4 is 16.4 Å². The topological polar surface area (TPSA) is 61.5 Å². The molecular weight excluding hydrogens is 599 g/mol. The van der Waals surface area contributed by atoms with Crippen molar-refractivity contribution in [3.8, 4) is 11.1 Å². The Morgan fingerprint density at radius 3 is 2.29 bits per heavy atom. The summed E-state index contributed by atoms with van der Waals surface area (Å²) in [5, 5.41) is 9.76. The van der Waals surface area contributed by atoms with E-state index < -0.39 is 0 Å². The fourth-order valence-electron chi connectivity index (χ4n) is 6.70. The quantitative estimate of drug-likeness (QED) is 0.157. The zero-order chi connectivity index (χ0) is 31.4. The number of hydrogen-bond acceptors (Lipinski definition) is 5. The third-order valence-electron chi connectivity index (χ3n) is 9.63. The Labute approximate surface area is 278 Å². The Hall–Kier alpha value is -2.84. The molecule has 2 aliphatic heterocycles. The molecule has 1 aromatic heterocycles. The second kappa shape index (κ2) is 14.3. The van der Waals surface area contributed by atoms with Crippen molar-refractivity contribution < 1.29 is 0 Å². The molecule has 2 aliphatic rings. The van der Waals surface area contributed by atoms with Crippen LogP contribution in [0.25, 0.3) is 22.0 Å². The molecule has 4 N–H and O–H groups in total. The van der Waals surface area contributed by atoms with Crippen molar-refractivity contribution in [3.05, 3.63) is 106 Å². The summed E-state index contributed by atoms with van der Waals surface area (Å²) in [5.74, 6) is 0. The number of nitrogens with two attached hydrogens (primary N) is 1. The molecule has 0 saturated carbocycles. The molecular formula is C37H46Cl2N6. The fourth-order valence-corrected chi connectivity index (χ4v) is 7.22. The molecule has 2 saturated heterocycles. The lowest BCUT2D eigenvalue weighted by atomic mass is 9.86. The number of piperazine rings is 1. The Morgan fingerprint density at radius 2 is 1.60 bits per heavy atom. The van der Waals surface area contributed by atoms with Crippen LogP contribution >= 0.6 is 23.2 Å². The number of hydrogen-bond donors (Lipinski definition) is 3. The maximum Gasteiger partial charge on any atom is 0.0576 e. The van der Waals surface area contributed by atoms with Gasteiger partial charge in [0.25, 0.3) is 0 Å². The Kier molecular flexibility index (Phi) is 10.2. The molecule has 238 valence electrons. The maximum absolute atomic E-state index is 6.66. The van der Waals surface area contributed by atoms with Gasteiger partial charge in [0.15, 0.2) is 0 Å². The normalized spacial score (nSPS) is 17.5. The molecule has 2 fully saturated rings. The summed E-state index contributed by atoms with van der Waals surface area (Å²) in [4.78, 5) is 5.01. The van der Waals surface area contributed by atoms with E-state index in [1.165, 1.54) is 33.2 Å².